The van der Waals surface area contributed by atoms with Crippen LogP contribution in [0.1, 0.15) is 34.1 Å². The highest BCUT2D eigenvalue weighted by Gasteiger charge is 2.30. The van der Waals surface area contributed by atoms with E-state index in [1.807, 2.05) is 17.8 Å². The Morgan fingerprint density at radius 1 is 0.829 bits per heavy atom. The fraction of sp³-hybridized carbons (Fsp3) is 0.125. The van der Waals surface area contributed by atoms with Gasteiger partial charge in [-0.15, -0.1) is 11.8 Å². The van der Waals surface area contributed by atoms with Gasteiger partial charge in [-0.2, -0.15) is 0 Å². The normalized spacial score (nSPS) is 16.9. The average molecular weight is 470 g/mol. The maximum absolute atomic E-state index is 6.47. The van der Waals surface area contributed by atoms with Crippen molar-refractivity contribution in [3.8, 4) is 5.69 Å². The van der Waals surface area contributed by atoms with Gasteiger partial charge in [0.2, 0.25) is 0 Å². The number of hydrogen-bond acceptors (Lipinski definition) is 2. The summed E-state index contributed by atoms with van der Waals surface area (Å²) in [6, 6.07) is 30.6. The summed E-state index contributed by atoms with van der Waals surface area (Å²) in [6.07, 6.45) is 7.89. The summed E-state index contributed by atoms with van der Waals surface area (Å²) < 4.78 is 8.95. The van der Waals surface area contributed by atoms with E-state index in [1.54, 1.807) is 0 Å². The van der Waals surface area contributed by atoms with Gasteiger partial charge in [0.1, 0.15) is 5.58 Å². The van der Waals surface area contributed by atoms with Crippen molar-refractivity contribution in [2.75, 3.05) is 0 Å². The number of thioether (sulfide) groups is 1. The minimum atomic E-state index is 0.474. The summed E-state index contributed by atoms with van der Waals surface area (Å²) in [5.74, 6) is 0. The van der Waals surface area contributed by atoms with Crippen LogP contribution in [0.25, 0.3) is 44.6 Å². The minimum Gasteiger partial charge on any atom is -0.454 e. The largest absolute Gasteiger partial charge is 0.454 e. The zero-order valence-corrected chi connectivity index (χ0v) is 20.0. The number of furan rings is 1. The van der Waals surface area contributed by atoms with Crippen molar-refractivity contribution in [3.63, 3.8) is 0 Å². The van der Waals surface area contributed by atoms with Crippen molar-refractivity contribution < 1.29 is 4.42 Å². The van der Waals surface area contributed by atoms with E-state index in [9.17, 15) is 0 Å². The van der Waals surface area contributed by atoms with Gasteiger partial charge < -0.3 is 8.98 Å². The van der Waals surface area contributed by atoms with E-state index in [-0.39, 0.29) is 0 Å². The molecule has 3 heterocycles. The molecule has 1 aliphatic carbocycles. The molecule has 1 unspecified atom stereocenters. The summed E-state index contributed by atoms with van der Waals surface area (Å²) in [4.78, 5) is 1.45. The maximum atomic E-state index is 6.47. The highest BCUT2D eigenvalue weighted by atomic mass is 32.2. The van der Waals surface area contributed by atoms with Crippen LogP contribution in [0.15, 0.2) is 100 Å². The first-order chi connectivity index (χ1) is 17.4. The number of aromatic nitrogens is 1. The monoisotopic (exact) mass is 469 g/mol. The van der Waals surface area contributed by atoms with Gasteiger partial charge in [0.05, 0.1) is 11.2 Å². The third kappa shape index (κ3) is 2.79. The molecule has 2 aromatic heterocycles. The molecule has 3 heteroatoms. The Hall–Kier alpha value is -3.69. The van der Waals surface area contributed by atoms with Crippen LogP contribution < -0.4 is 0 Å². The number of nitrogens with zero attached hydrogens (tertiary/aromatic N) is 1. The van der Waals surface area contributed by atoms with Crippen LogP contribution in [0.4, 0.5) is 0 Å². The SMILES string of the molecule is C1=Cc2c(n(-c3cccc4c3oc3ccccc34)c3ccc4c(c23)SC(c2ccccc2)C4)CC1. The Bertz CT molecular complexity index is 1800. The molecule has 4 aromatic carbocycles. The van der Waals surface area contributed by atoms with Gasteiger partial charge in [0.15, 0.2) is 5.58 Å². The van der Waals surface area contributed by atoms with E-state index >= 15 is 0 Å². The van der Waals surface area contributed by atoms with Crippen molar-refractivity contribution in [3.05, 3.63) is 113 Å². The molecule has 0 bridgehead atoms. The summed E-state index contributed by atoms with van der Waals surface area (Å²) in [6.45, 7) is 0. The summed E-state index contributed by atoms with van der Waals surface area (Å²) in [5.41, 5.74) is 10.0. The number of rotatable bonds is 2. The van der Waals surface area contributed by atoms with Gasteiger partial charge in [-0.3, -0.25) is 0 Å². The molecule has 2 nitrogen and oxygen atoms in total. The molecule has 0 saturated heterocycles. The maximum Gasteiger partial charge on any atom is 0.159 e. The van der Waals surface area contributed by atoms with Crippen LogP contribution in [-0.2, 0) is 12.8 Å². The van der Waals surface area contributed by atoms with Crippen LogP contribution in [-0.4, -0.2) is 4.57 Å². The van der Waals surface area contributed by atoms with Crippen molar-refractivity contribution in [2.24, 2.45) is 0 Å². The molecule has 1 aliphatic heterocycles. The molecule has 0 N–H and O–H groups in total. The molecule has 8 rings (SSSR count). The Morgan fingerprint density at radius 3 is 2.63 bits per heavy atom. The number of fused-ring (bicyclic) bond motifs is 8. The first-order valence-electron chi connectivity index (χ1n) is 12.3. The Kier molecular flexibility index (Phi) is 4.14. The summed E-state index contributed by atoms with van der Waals surface area (Å²) in [7, 11) is 0. The lowest BCUT2D eigenvalue weighted by Crippen LogP contribution is -2.03. The second kappa shape index (κ2) is 7.40. The molecule has 0 radical (unpaired) electrons. The molecular formula is C32H23NOS. The van der Waals surface area contributed by atoms with Crippen LogP contribution in [0, 0.1) is 0 Å². The van der Waals surface area contributed by atoms with E-state index in [0.29, 0.717) is 5.25 Å². The van der Waals surface area contributed by atoms with E-state index in [4.69, 9.17) is 4.42 Å². The molecule has 35 heavy (non-hydrogen) atoms. The third-order valence-electron chi connectivity index (χ3n) is 7.60. The Morgan fingerprint density at radius 2 is 1.69 bits per heavy atom. The van der Waals surface area contributed by atoms with Crippen LogP contribution >= 0.6 is 11.8 Å². The first-order valence-corrected chi connectivity index (χ1v) is 13.2. The number of benzene rings is 4. The Balaban J connectivity index is 1.40. The van der Waals surface area contributed by atoms with E-state index in [1.165, 1.54) is 49.0 Å². The van der Waals surface area contributed by atoms with Gasteiger partial charge in [-0.05, 0) is 48.6 Å². The van der Waals surface area contributed by atoms with Crippen LogP contribution in [0.5, 0.6) is 0 Å². The molecule has 2 aliphatic rings. The summed E-state index contributed by atoms with van der Waals surface area (Å²) >= 11 is 2.04. The highest BCUT2D eigenvalue weighted by molar-refractivity contribution is 8.00. The van der Waals surface area contributed by atoms with E-state index in [2.05, 4.69) is 95.6 Å². The number of para-hydroxylation sites is 2. The zero-order chi connectivity index (χ0) is 22.9. The fourth-order valence-corrected chi connectivity index (χ4v) is 7.51. The second-order valence-corrected chi connectivity index (χ2v) is 10.8. The van der Waals surface area contributed by atoms with Gasteiger partial charge >= 0.3 is 0 Å². The quantitative estimate of drug-likeness (QED) is 0.252. The molecule has 1 atom stereocenters. The molecule has 0 fully saturated rings. The predicted molar refractivity (Wildman–Crippen MR) is 147 cm³/mol. The van der Waals surface area contributed by atoms with Crippen molar-refractivity contribution in [2.45, 2.75) is 29.4 Å². The molecule has 168 valence electrons. The predicted octanol–water partition coefficient (Wildman–Crippen LogP) is 8.88. The third-order valence-corrected chi connectivity index (χ3v) is 9.03. The molecule has 6 aromatic rings. The van der Waals surface area contributed by atoms with Gasteiger partial charge in [-0.25, -0.2) is 0 Å². The second-order valence-electron chi connectivity index (χ2n) is 9.56. The molecule has 0 saturated carbocycles. The standard InChI is InChI=1S/C32H23NOS/c1-2-9-20(10-3-1)29-19-21-17-18-26-30(32(21)35-29)24-12-4-6-14-25(24)33(26)27-15-8-13-23-22-11-5-7-16-28(22)34-31(23)27/h1-5,7-13,15-18,29H,6,14,19H2. The lowest BCUT2D eigenvalue weighted by Gasteiger charge is -2.13. The van der Waals surface area contributed by atoms with Crippen molar-refractivity contribution >= 4 is 50.7 Å². The van der Waals surface area contributed by atoms with Gasteiger partial charge in [0, 0.05) is 37.6 Å². The fourth-order valence-electron chi connectivity index (χ4n) is 6.04. The zero-order valence-electron chi connectivity index (χ0n) is 19.2. The molecule has 0 amide bonds. The van der Waals surface area contributed by atoms with Gasteiger partial charge in [-0.1, -0.05) is 78.9 Å². The van der Waals surface area contributed by atoms with E-state index < -0.39 is 0 Å². The highest BCUT2D eigenvalue weighted by Crippen LogP contribution is 2.52. The topological polar surface area (TPSA) is 18.1 Å². The molecular weight excluding hydrogens is 446 g/mol. The van der Waals surface area contributed by atoms with Crippen molar-refractivity contribution in [1.82, 2.24) is 4.57 Å². The number of hydrogen-bond donors (Lipinski definition) is 0. The lowest BCUT2D eigenvalue weighted by atomic mass is 9.99. The average Bonchev–Trinajstić information content (AvgIpc) is 3.60. The van der Waals surface area contributed by atoms with Gasteiger partial charge in [0.25, 0.3) is 0 Å². The smallest absolute Gasteiger partial charge is 0.159 e. The summed E-state index contributed by atoms with van der Waals surface area (Å²) in [5, 5.41) is 4.24. The van der Waals surface area contributed by atoms with Crippen LogP contribution in [0.3, 0.4) is 0 Å². The molecule has 0 spiro atoms. The van der Waals surface area contributed by atoms with E-state index in [0.717, 1.165) is 36.1 Å². The Labute approximate surface area is 207 Å². The first kappa shape index (κ1) is 19.6. The lowest BCUT2D eigenvalue weighted by molar-refractivity contribution is 0.664. The minimum absolute atomic E-state index is 0.474. The number of allylic oxidation sites excluding steroid dienone is 1. The van der Waals surface area contributed by atoms with Crippen molar-refractivity contribution in [1.29, 1.82) is 0 Å². The van der Waals surface area contributed by atoms with Crippen LogP contribution in [0.2, 0.25) is 0 Å².